The van der Waals surface area contributed by atoms with Crippen LogP contribution < -0.4 is 15.8 Å². The van der Waals surface area contributed by atoms with Crippen LogP contribution in [0.5, 0.6) is 0 Å². The van der Waals surface area contributed by atoms with Gasteiger partial charge in [-0.2, -0.15) is 5.26 Å². The zero-order chi connectivity index (χ0) is 23.0. The molecule has 0 aliphatic carbocycles. The number of rotatable bonds is 6. The van der Waals surface area contributed by atoms with Crippen LogP contribution in [0.25, 0.3) is 5.65 Å². The lowest BCUT2D eigenvalue weighted by atomic mass is 10.0. The minimum Gasteiger partial charge on any atom is -0.478 e. The summed E-state index contributed by atoms with van der Waals surface area (Å²) in [5.74, 6) is -0.866. The van der Waals surface area contributed by atoms with E-state index in [0.29, 0.717) is 29.9 Å². The lowest BCUT2D eigenvalue weighted by Crippen LogP contribution is -2.50. The number of nitrogens with zero attached hydrogens (tertiary/aromatic N) is 4. The molecule has 0 saturated carbocycles. The number of benzene rings is 1. The van der Waals surface area contributed by atoms with E-state index in [-0.39, 0.29) is 16.9 Å². The van der Waals surface area contributed by atoms with E-state index in [0.717, 1.165) is 5.56 Å². The van der Waals surface area contributed by atoms with Crippen LogP contribution in [0, 0.1) is 18.3 Å². The van der Waals surface area contributed by atoms with Crippen molar-refractivity contribution in [1.29, 1.82) is 5.26 Å². The molecular weight excluding hydrogens is 413 g/mol. The Kier molecular flexibility index (Phi) is 5.53. The molecule has 3 heterocycles. The number of carboxylic acid groups (broad SMARTS) is 1. The molecule has 1 aliphatic heterocycles. The Labute approximate surface area is 183 Å². The largest absolute Gasteiger partial charge is 0.478 e. The normalized spacial score (nSPS) is 16.3. The molecule has 3 aromatic rings. The number of hydrogen-bond donors (Lipinski definition) is 2. The average molecular weight is 435 g/mol. The number of anilines is 2. The summed E-state index contributed by atoms with van der Waals surface area (Å²) in [6.07, 6.45) is 2.24. The third kappa shape index (κ3) is 3.54. The first-order valence-electron chi connectivity index (χ1n) is 10.2. The van der Waals surface area contributed by atoms with Gasteiger partial charge in [0.1, 0.15) is 18.4 Å². The van der Waals surface area contributed by atoms with E-state index in [2.05, 4.69) is 10.3 Å². The Hall–Kier alpha value is -3.93. The standard InChI is InChI=1S/C23H22FN5O3/c1-13-9-17(14(2)26-19-6-4-3-5-16(19)23(31)32)20-27-21(28-8-7-15(28)10-24)18(11-25)22(30)29(20)12-13/h3-6,9,12,14-15,26H,7-8,10H2,1-2H3,(H,31,32). The number of aryl methyl sites for hydroxylation is 1. The molecule has 2 aromatic heterocycles. The molecule has 0 spiro atoms. The van der Waals surface area contributed by atoms with Gasteiger partial charge in [-0.25, -0.2) is 14.2 Å². The number of nitrogens with one attached hydrogen (secondary N) is 1. The molecule has 0 radical (unpaired) electrons. The molecule has 2 unspecified atom stereocenters. The predicted octanol–water partition coefficient (Wildman–Crippen LogP) is 3.29. The highest BCUT2D eigenvalue weighted by Crippen LogP contribution is 2.30. The Bertz CT molecular complexity index is 1310. The monoisotopic (exact) mass is 435 g/mol. The number of carboxylic acids is 1. The van der Waals surface area contributed by atoms with Gasteiger partial charge in [-0.1, -0.05) is 12.1 Å². The summed E-state index contributed by atoms with van der Waals surface area (Å²) in [6, 6.07) is 9.54. The smallest absolute Gasteiger partial charge is 0.337 e. The summed E-state index contributed by atoms with van der Waals surface area (Å²) < 4.78 is 14.7. The Morgan fingerprint density at radius 1 is 1.44 bits per heavy atom. The van der Waals surface area contributed by atoms with Gasteiger partial charge in [0.25, 0.3) is 5.56 Å². The van der Waals surface area contributed by atoms with Crippen molar-refractivity contribution < 1.29 is 14.3 Å². The van der Waals surface area contributed by atoms with Gasteiger partial charge in [0.05, 0.1) is 17.6 Å². The van der Waals surface area contributed by atoms with Crippen molar-refractivity contribution in [3.05, 3.63) is 69.1 Å². The highest BCUT2D eigenvalue weighted by Gasteiger charge is 2.32. The van der Waals surface area contributed by atoms with Crippen LogP contribution in [0.2, 0.25) is 0 Å². The summed E-state index contributed by atoms with van der Waals surface area (Å²) in [7, 11) is 0. The van der Waals surface area contributed by atoms with E-state index in [1.54, 1.807) is 29.3 Å². The summed E-state index contributed by atoms with van der Waals surface area (Å²) in [4.78, 5) is 31.0. The van der Waals surface area contributed by atoms with Crippen molar-refractivity contribution in [3.8, 4) is 6.07 Å². The van der Waals surface area contributed by atoms with E-state index < -0.39 is 30.3 Å². The molecule has 9 heteroatoms. The van der Waals surface area contributed by atoms with Crippen LogP contribution in [-0.2, 0) is 0 Å². The van der Waals surface area contributed by atoms with E-state index in [1.165, 1.54) is 10.5 Å². The van der Waals surface area contributed by atoms with Crippen LogP contribution in [0.4, 0.5) is 15.9 Å². The van der Waals surface area contributed by atoms with Gasteiger partial charge in [0, 0.05) is 24.0 Å². The zero-order valence-corrected chi connectivity index (χ0v) is 17.7. The first-order valence-corrected chi connectivity index (χ1v) is 10.2. The predicted molar refractivity (Wildman–Crippen MR) is 118 cm³/mol. The molecule has 164 valence electrons. The van der Waals surface area contributed by atoms with Crippen LogP contribution in [0.3, 0.4) is 0 Å². The Morgan fingerprint density at radius 3 is 2.81 bits per heavy atom. The maximum Gasteiger partial charge on any atom is 0.337 e. The van der Waals surface area contributed by atoms with E-state index in [1.807, 2.05) is 26.0 Å². The maximum absolute atomic E-state index is 13.3. The minimum atomic E-state index is -1.06. The molecule has 1 aromatic carbocycles. The van der Waals surface area contributed by atoms with Crippen LogP contribution in [-0.4, -0.2) is 39.7 Å². The number of alkyl halides is 1. The van der Waals surface area contributed by atoms with Gasteiger partial charge in [0.2, 0.25) is 0 Å². The SMILES string of the molecule is Cc1cc(C(C)Nc2ccccc2C(=O)O)c2nc(N3CCC3CF)c(C#N)c(=O)n2c1. The van der Waals surface area contributed by atoms with Crippen molar-refractivity contribution in [3.63, 3.8) is 0 Å². The summed E-state index contributed by atoms with van der Waals surface area (Å²) in [5.41, 5.74) is 1.70. The van der Waals surface area contributed by atoms with Gasteiger partial charge in [-0.05, 0) is 44.0 Å². The lowest BCUT2D eigenvalue weighted by molar-refractivity contribution is 0.0698. The number of carbonyl (C=O) groups is 1. The second-order valence-electron chi connectivity index (χ2n) is 7.90. The number of aromatic carboxylic acids is 1. The van der Waals surface area contributed by atoms with E-state index >= 15 is 0 Å². The Morgan fingerprint density at radius 2 is 2.19 bits per heavy atom. The average Bonchev–Trinajstić information content (AvgIpc) is 2.74. The third-order valence-electron chi connectivity index (χ3n) is 5.77. The number of hydrogen-bond acceptors (Lipinski definition) is 6. The van der Waals surface area contributed by atoms with Crippen LogP contribution in [0.15, 0.2) is 41.3 Å². The maximum atomic E-state index is 13.3. The van der Waals surface area contributed by atoms with Gasteiger partial charge in [-0.15, -0.1) is 0 Å². The second-order valence-corrected chi connectivity index (χ2v) is 7.90. The molecule has 0 amide bonds. The van der Waals surface area contributed by atoms with Crippen molar-refractivity contribution in [1.82, 2.24) is 9.38 Å². The van der Waals surface area contributed by atoms with Gasteiger partial charge in [0.15, 0.2) is 11.4 Å². The van der Waals surface area contributed by atoms with Crippen molar-refractivity contribution in [2.45, 2.75) is 32.4 Å². The number of halogens is 1. The number of pyridine rings is 1. The van der Waals surface area contributed by atoms with E-state index in [4.69, 9.17) is 0 Å². The lowest BCUT2D eigenvalue weighted by Gasteiger charge is -2.40. The molecule has 4 rings (SSSR count). The highest BCUT2D eigenvalue weighted by molar-refractivity contribution is 5.94. The number of nitriles is 1. The highest BCUT2D eigenvalue weighted by atomic mass is 19.1. The number of para-hydroxylation sites is 1. The molecule has 1 saturated heterocycles. The Balaban J connectivity index is 1.87. The van der Waals surface area contributed by atoms with Crippen LogP contribution in [0.1, 0.15) is 46.4 Å². The molecule has 1 aliphatic rings. The summed E-state index contributed by atoms with van der Waals surface area (Å²) in [6.45, 7) is 3.59. The molecule has 8 nitrogen and oxygen atoms in total. The molecule has 2 atom stereocenters. The van der Waals surface area contributed by atoms with Crippen molar-refractivity contribution in [2.75, 3.05) is 23.4 Å². The quantitative estimate of drug-likeness (QED) is 0.611. The van der Waals surface area contributed by atoms with Crippen molar-refractivity contribution >= 4 is 23.1 Å². The number of fused-ring (bicyclic) bond motifs is 1. The van der Waals surface area contributed by atoms with Crippen molar-refractivity contribution in [2.24, 2.45) is 0 Å². The summed E-state index contributed by atoms with van der Waals surface area (Å²) in [5, 5.41) is 22.3. The second kappa shape index (κ2) is 8.30. The topological polar surface area (TPSA) is 111 Å². The van der Waals surface area contributed by atoms with Gasteiger partial charge >= 0.3 is 5.97 Å². The fourth-order valence-electron chi connectivity index (χ4n) is 4.01. The first kappa shape index (κ1) is 21.3. The van der Waals surface area contributed by atoms with Gasteiger partial charge in [-0.3, -0.25) is 9.20 Å². The molecule has 1 fully saturated rings. The van der Waals surface area contributed by atoms with Gasteiger partial charge < -0.3 is 15.3 Å². The zero-order valence-electron chi connectivity index (χ0n) is 17.7. The molecular formula is C23H22FN5O3. The van der Waals surface area contributed by atoms with E-state index in [9.17, 15) is 24.3 Å². The first-order chi connectivity index (χ1) is 15.3. The molecule has 32 heavy (non-hydrogen) atoms. The fourth-order valence-corrected chi connectivity index (χ4v) is 4.01. The number of aromatic nitrogens is 2. The molecule has 0 bridgehead atoms. The fraction of sp³-hybridized carbons (Fsp3) is 0.304. The third-order valence-corrected chi connectivity index (χ3v) is 5.77. The minimum absolute atomic E-state index is 0.117. The summed E-state index contributed by atoms with van der Waals surface area (Å²) >= 11 is 0. The molecule has 2 N–H and O–H groups in total. The van der Waals surface area contributed by atoms with Crippen LogP contribution >= 0.6 is 0 Å².